The molecule has 20 heavy (non-hydrogen) atoms. The van der Waals surface area contributed by atoms with Crippen LogP contribution in [0.2, 0.25) is 0 Å². The largest absolute Gasteiger partial charge is 0.653 e. The van der Waals surface area contributed by atoms with E-state index in [4.69, 9.17) is 10.3 Å². The molecule has 1 saturated heterocycles. The molecule has 1 aromatic heterocycles. The van der Waals surface area contributed by atoms with Crippen molar-refractivity contribution in [1.82, 2.24) is 9.55 Å². The summed E-state index contributed by atoms with van der Waals surface area (Å²) in [6.07, 6.45) is 3.61. The zero-order valence-electron chi connectivity index (χ0n) is 12.0. The maximum absolute atomic E-state index is 4.78. The Balaban J connectivity index is 0.00000147. The molecule has 0 spiro atoms. The van der Waals surface area contributed by atoms with Crippen molar-refractivity contribution in [3.8, 4) is 5.69 Å². The van der Waals surface area contributed by atoms with Crippen LogP contribution in [-0.4, -0.2) is 16.1 Å². The van der Waals surface area contributed by atoms with Gasteiger partial charge in [0.25, 0.3) is 0 Å². The van der Waals surface area contributed by atoms with Gasteiger partial charge in [0.05, 0.1) is 11.5 Å². The van der Waals surface area contributed by atoms with Gasteiger partial charge in [-0.2, -0.15) is 0 Å². The van der Waals surface area contributed by atoms with Crippen molar-refractivity contribution in [2.45, 2.75) is 39.2 Å². The minimum absolute atomic E-state index is 0. The molecule has 1 fully saturated rings. The molecule has 109 valence electrons. The van der Waals surface area contributed by atoms with Gasteiger partial charge in [-0.25, -0.2) is 4.98 Å². The number of hydrogen-bond donors (Lipinski definition) is 0. The summed E-state index contributed by atoms with van der Waals surface area (Å²) in [5.74, 6) is 1.11. The maximum atomic E-state index is 4.78. The van der Waals surface area contributed by atoms with E-state index in [0.29, 0.717) is 0 Å². The third-order valence-electron chi connectivity index (χ3n) is 3.92. The van der Waals surface area contributed by atoms with E-state index >= 15 is 0 Å². The van der Waals surface area contributed by atoms with Crippen LogP contribution < -0.4 is 0 Å². The number of aryl methyl sites for hydroxylation is 1. The van der Waals surface area contributed by atoms with Crippen LogP contribution in [0, 0.1) is 13.8 Å². The van der Waals surface area contributed by atoms with Crippen LogP contribution in [0.3, 0.4) is 0 Å². The smallest absolute Gasteiger partial charge is 0.0956 e. The standard InChI is InChI=1S/C16H20N3.Ir/c1-12-13(2)19(14-8-4-3-5-9-14)16(18-12)15-10-6-7-11-17-15;/h3-5,8-9,15H,6-7,10-11H2,1-2H3;/q-1;. The Morgan fingerprint density at radius 1 is 1.15 bits per heavy atom. The first-order chi connectivity index (χ1) is 9.27. The number of para-hydroxylation sites is 1. The number of nitrogens with zero attached hydrogens (tertiary/aromatic N) is 3. The fourth-order valence-electron chi connectivity index (χ4n) is 2.76. The minimum Gasteiger partial charge on any atom is -0.653 e. The first-order valence-electron chi connectivity index (χ1n) is 7.05. The van der Waals surface area contributed by atoms with Gasteiger partial charge in [-0.15, -0.1) is 6.54 Å². The predicted octanol–water partition coefficient (Wildman–Crippen LogP) is 4.09. The van der Waals surface area contributed by atoms with Gasteiger partial charge in [0.1, 0.15) is 0 Å². The van der Waals surface area contributed by atoms with E-state index in [1.165, 1.54) is 24.2 Å². The van der Waals surface area contributed by atoms with Crippen LogP contribution in [0.4, 0.5) is 0 Å². The molecule has 1 unspecified atom stereocenters. The molecule has 0 bridgehead atoms. The topological polar surface area (TPSA) is 31.9 Å². The zero-order valence-corrected chi connectivity index (χ0v) is 14.4. The average Bonchev–Trinajstić information content (AvgIpc) is 2.77. The summed E-state index contributed by atoms with van der Waals surface area (Å²) >= 11 is 0. The Kier molecular flexibility index (Phi) is 5.14. The molecule has 2 heterocycles. The van der Waals surface area contributed by atoms with Gasteiger partial charge in [0.2, 0.25) is 0 Å². The van der Waals surface area contributed by atoms with E-state index in [-0.39, 0.29) is 26.1 Å². The molecule has 1 aliphatic rings. The van der Waals surface area contributed by atoms with E-state index in [2.05, 4.69) is 42.7 Å². The third-order valence-corrected chi connectivity index (χ3v) is 3.92. The van der Waals surface area contributed by atoms with Crippen LogP contribution in [0.25, 0.3) is 11.0 Å². The molecule has 3 nitrogen and oxygen atoms in total. The maximum Gasteiger partial charge on any atom is 0.0956 e. The summed E-state index contributed by atoms with van der Waals surface area (Å²) in [7, 11) is 0. The third kappa shape index (κ3) is 2.88. The summed E-state index contributed by atoms with van der Waals surface area (Å²) < 4.78 is 2.27. The second-order valence-electron chi connectivity index (χ2n) is 5.23. The van der Waals surface area contributed by atoms with Gasteiger partial charge >= 0.3 is 0 Å². The first kappa shape index (κ1) is 15.4. The first-order valence-corrected chi connectivity index (χ1v) is 7.05. The molecule has 2 aromatic rings. The average molecular weight is 447 g/mol. The molecule has 0 saturated carbocycles. The summed E-state index contributed by atoms with van der Waals surface area (Å²) in [6.45, 7) is 5.20. The quantitative estimate of drug-likeness (QED) is 0.684. The molecule has 3 rings (SSSR count). The van der Waals surface area contributed by atoms with Crippen molar-refractivity contribution in [3.63, 3.8) is 0 Å². The van der Waals surface area contributed by atoms with E-state index in [9.17, 15) is 0 Å². The summed E-state index contributed by atoms with van der Waals surface area (Å²) in [5.41, 5.74) is 3.53. The number of aromatic nitrogens is 2. The SMILES string of the molecule is Cc1nc(C2CCCC[N-]2)n(-c2ccccc2)c1C.[Ir]. The van der Waals surface area contributed by atoms with Crippen LogP contribution in [0.5, 0.6) is 0 Å². The van der Waals surface area contributed by atoms with Gasteiger partial charge in [-0.1, -0.05) is 43.5 Å². The Hall–Kier alpha value is -0.961. The summed E-state index contributed by atoms with van der Waals surface area (Å²) in [5, 5.41) is 4.76. The van der Waals surface area contributed by atoms with Crippen molar-refractivity contribution in [3.05, 3.63) is 52.9 Å². The Labute approximate surface area is 134 Å². The molecular formula is C16H20IrN3-. The Morgan fingerprint density at radius 3 is 2.55 bits per heavy atom. The van der Waals surface area contributed by atoms with Crippen molar-refractivity contribution in [2.75, 3.05) is 6.54 Å². The predicted molar refractivity (Wildman–Crippen MR) is 77.9 cm³/mol. The number of rotatable bonds is 2. The molecular weight excluding hydrogens is 426 g/mol. The van der Waals surface area contributed by atoms with Crippen LogP contribution in [0.15, 0.2) is 30.3 Å². The molecule has 1 atom stereocenters. The van der Waals surface area contributed by atoms with Crippen molar-refractivity contribution < 1.29 is 20.1 Å². The second kappa shape index (κ2) is 6.66. The molecule has 4 heteroatoms. The summed E-state index contributed by atoms with van der Waals surface area (Å²) in [6, 6.07) is 10.7. The molecule has 0 N–H and O–H groups in total. The van der Waals surface area contributed by atoms with Crippen LogP contribution >= 0.6 is 0 Å². The summed E-state index contributed by atoms with van der Waals surface area (Å²) in [4.78, 5) is 4.78. The fraction of sp³-hybridized carbons (Fsp3) is 0.438. The number of piperidine rings is 1. The molecule has 1 radical (unpaired) electrons. The zero-order chi connectivity index (χ0) is 13.2. The van der Waals surface area contributed by atoms with E-state index in [0.717, 1.165) is 24.5 Å². The molecule has 0 amide bonds. The minimum atomic E-state index is 0. The Bertz CT molecular complexity index is 557. The van der Waals surface area contributed by atoms with Crippen molar-refractivity contribution in [1.29, 1.82) is 0 Å². The second-order valence-corrected chi connectivity index (χ2v) is 5.23. The molecule has 1 aromatic carbocycles. The molecule has 0 aliphatic carbocycles. The van der Waals surface area contributed by atoms with Gasteiger partial charge in [-0.3, -0.25) is 0 Å². The van der Waals surface area contributed by atoms with E-state index < -0.39 is 0 Å². The van der Waals surface area contributed by atoms with Crippen LogP contribution in [-0.2, 0) is 20.1 Å². The van der Waals surface area contributed by atoms with Gasteiger partial charge < -0.3 is 9.88 Å². The van der Waals surface area contributed by atoms with Gasteiger partial charge in [-0.05, 0) is 26.0 Å². The van der Waals surface area contributed by atoms with E-state index in [1.54, 1.807) is 0 Å². The van der Waals surface area contributed by atoms with Crippen LogP contribution in [0.1, 0.15) is 42.5 Å². The van der Waals surface area contributed by atoms with Crippen molar-refractivity contribution >= 4 is 0 Å². The monoisotopic (exact) mass is 447 g/mol. The molecule has 1 aliphatic heterocycles. The number of benzene rings is 1. The fourth-order valence-corrected chi connectivity index (χ4v) is 2.76. The number of imidazole rings is 1. The Morgan fingerprint density at radius 2 is 1.90 bits per heavy atom. The van der Waals surface area contributed by atoms with Crippen molar-refractivity contribution in [2.24, 2.45) is 0 Å². The normalized spacial score (nSPS) is 18.6. The van der Waals surface area contributed by atoms with Gasteiger partial charge in [0, 0.05) is 31.5 Å². The number of hydrogen-bond acceptors (Lipinski definition) is 1. The van der Waals surface area contributed by atoms with E-state index in [1.807, 2.05) is 6.07 Å². The van der Waals surface area contributed by atoms with Gasteiger partial charge in [0.15, 0.2) is 0 Å².